The quantitative estimate of drug-likeness (QED) is 0.847. The minimum atomic E-state index is 0.680. The molecule has 0 amide bonds. The second-order valence-corrected chi connectivity index (χ2v) is 6.91. The number of pyridine rings is 1. The van der Waals surface area contributed by atoms with Crippen molar-refractivity contribution < 1.29 is 0 Å². The largest absolute Gasteiger partial charge is 0.349 e. The lowest BCUT2D eigenvalue weighted by molar-refractivity contribution is 0.677. The molecule has 0 unspecified atom stereocenters. The number of nitrogens with zero attached hydrogens (tertiary/aromatic N) is 2. The average molecular weight is 299 g/mol. The van der Waals surface area contributed by atoms with Crippen molar-refractivity contribution in [3.63, 3.8) is 0 Å². The molecule has 2 aromatic rings. The maximum absolute atomic E-state index is 4.71. The molecule has 4 heteroatoms. The topological polar surface area (TPSA) is 28.2 Å². The predicted octanol–water partition coefficient (Wildman–Crippen LogP) is 3.56. The molecular weight excluding hydrogens is 278 g/mol. The van der Waals surface area contributed by atoms with Crippen molar-refractivity contribution in [2.24, 2.45) is 0 Å². The minimum Gasteiger partial charge on any atom is -0.349 e. The fourth-order valence-corrected chi connectivity index (χ4v) is 3.37. The standard InChI is InChI=1S/C17H21N3S/c1-2-14(10-19-15-3-4-15)17(18-8-1)20(16-5-6-16)11-13-7-9-21-12-13/h1-2,7-9,12,15-16,19H,3-6,10-11H2. The van der Waals surface area contributed by atoms with Crippen LogP contribution in [-0.2, 0) is 13.1 Å². The first kappa shape index (κ1) is 13.3. The highest BCUT2D eigenvalue weighted by molar-refractivity contribution is 7.07. The normalized spacial score (nSPS) is 17.9. The van der Waals surface area contributed by atoms with Gasteiger partial charge in [0.1, 0.15) is 5.82 Å². The van der Waals surface area contributed by atoms with Crippen LogP contribution in [0.2, 0.25) is 0 Å². The molecule has 3 nitrogen and oxygen atoms in total. The maximum atomic E-state index is 4.71. The van der Waals surface area contributed by atoms with E-state index in [1.165, 1.54) is 42.6 Å². The monoisotopic (exact) mass is 299 g/mol. The van der Waals surface area contributed by atoms with Gasteiger partial charge in [-0.15, -0.1) is 0 Å². The SMILES string of the molecule is c1cnc(N(Cc2ccsc2)C2CC2)c(CNC2CC2)c1. The maximum Gasteiger partial charge on any atom is 0.133 e. The number of thiophene rings is 1. The zero-order chi connectivity index (χ0) is 14.1. The fourth-order valence-electron chi connectivity index (χ4n) is 2.71. The number of hydrogen-bond acceptors (Lipinski definition) is 4. The molecule has 1 N–H and O–H groups in total. The molecule has 21 heavy (non-hydrogen) atoms. The molecule has 2 aromatic heterocycles. The summed E-state index contributed by atoms with van der Waals surface area (Å²) in [7, 11) is 0. The molecule has 2 aliphatic rings. The van der Waals surface area contributed by atoms with E-state index in [-0.39, 0.29) is 0 Å². The van der Waals surface area contributed by atoms with E-state index in [0.717, 1.165) is 19.1 Å². The highest BCUT2D eigenvalue weighted by atomic mass is 32.1. The van der Waals surface area contributed by atoms with E-state index in [1.54, 1.807) is 11.3 Å². The number of hydrogen-bond donors (Lipinski definition) is 1. The summed E-state index contributed by atoms with van der Waals surface area (Å²) in [4.78, 5) is 7.21. The molecule has 0 radical (unpaired) electrons. The zero-order valence-corrected chi connectivity index (χ0v) is 13.0. The van der Waals surface area contributed by atoms with Crippen molar-refractivity contribution in [3.8, 4) is 0 Å². The summed E-state index contributed by atoms with van der Waals surface area (Å²) >= 11 is 1.78. The van der Waals surface area contributed by atoms with Crippen LogP contribution in [0.3, 0.4) is 0 Å². The van der Waals surface area contributed by atoms with Gasteiger partial charge < -0.3 is 10.2 Å². The highest BCUT2D eigenvalue weighted by Gasteiger charge is 2.31. The molecule has 0 bridgehead atoms. The summed E-state index contributed by atoms with van der Waals surface area (Å²) in [5.41, 5.74) is 2.74. The first-order valence-electron chi connectivity index (χ1n) is 7.85. The number of rotatable bonds is 7. The van der Waals surface area contributed by atoms with Gasteiger partial charge in [-0.1, -0.05) is 6.07 Å². The molecule has 110 valence electrons. The first-order valence-corrected chi connectivity index (χ1v) is 8.79. The molecule has 2 aliphatic carbocycles. The van der Waals surface area contributed by atoms with E-state index < -0.39 is 0 Å². The van der Waals surface area contributed by atoms with E-state index in [0.29, 0.717) is 6.04 Å². The van der Waals surface area contributed by atoms with E-state index in [2.05, 4.69) is 39.2 Å². The Balaban J connectivity index is 1.56. The summed E-state index contributed by atoms with van der Waals surface area (Å²) in [6.45, 7) is 1.93. The summed E-state index contributed by atoms with van der Waals surface area (Å²) < 4.78 is 0. The van der Waals surface area contributed by atoms with Gasteiger partial charge in [0.2, 0.25) is 0 Å². The van der Waals surface area contributed by atoms with Gasteiger partial charge in [0, 0.05) is 36.9 Å². The van der Waals surface area contributed by atoms with E-state index in [1.807, 2.05) is 6.20 Å². The first-order chi connectivity index (χ1) is 10.4. The van der Waals surface area contributed by atoms with Gasteiger partial charge in [0.05, 0.1) is 0 Å². The van der Waals surface area contributed by atoms with Crippen LogP contribution in [0.15, 0.2) is 35.2 Å². The van der Waals surface area contributed by atoms with Crippen LogP contribution in [0.25, 0.3) is 0 Å². The van der Waals surface area contributed by atoms with Gasteiger partial charge in [-0.2, -0.15) is 11.3 Å². The summed E-state index contributed by atoms with van der Waals surface area (Å²) in [6.07, 6.45) is 7.19. The van der Waals surface area contributed by atoms with Crippen molar-refractivity contribution in [2.45, 2.75) is 50.9 Å². The van der Waals surface area contributed by atoms with Crippen LogP contribution < -0.4 is 10.2 Å². The van der Waals surface area contributed by atoms with Crippen molar-refractivity contribution >= 4 is 17.2 Å². The van der Waals surface area contributed by atoms with Crippen molar-refractivity contribution in [2.75, 3.05) is 4.90 Å². The second-order valence-electron chi connectivity index (χ2n) is 6.13. The third-order valence-electron chi connectivity index (χ3n) is 4.22. The molecule has 4 rings (SSSR count). The molecule has 0 aromatic carbocycles. The Bertz CT molecular complexity index is 588. The third kappa shape index (κ3) is 3.27. The molecule has 2 fully saturated rings. The van der Waals surface area contributed by atoms with Gasteiger partial charge in [-0.25, -0.2) is 4.98 Å². The Morgan fingerprint density at radius 2 is 2.14 bits per heavy atom. The molecule has 2 heterocycles. The zero-order valence-electron chi connectivity index (χ0n) is 12.2. The van der Waals surface area contributed by atoms with Crippen LogP contribution in [0, 0.1) is 0 Å². The number of nitrogens with one attached hydrogen (secondary N) is 1. The van der Waals surface area contributed by atoms with Gasteiger partial charge in [-0.3, -0.25) is 0 Å². The van der Waals surface area contributed by atoms with E-state index in [4.69, 9.17) is 4.98 Å². The highest BCUT2D eigenvalue weighted by Crippen LogP contribution is 2.34. The van der Waals surface area contributed by atoms with Crippen LogP contribution in [-0.4, -0.2) is 17.1 Å². The lowest BCUT2D eigenvalue weighted by Gasteiger charge is -2.25. The van der Waals surface area contributed by atoms with Crippen LogP contribution in [0.4, 0.5) is 5.82 Å². The summed E-state index contributed by atoms with van der Waals surface area (Å²) in [5, 5.41) is 8.03. The number of aromatic nitrogens is 1. The third-order valence-corrected chi connectivity index (χ3v) is 4.95. The summed E-state index contributed by atoms with van der Waals surface area (Å²) in [6, 6.07) is 7.93. The molecular formula is C17H21N3S. The number of anilines is 1. The van der Waals surface area contributed by atoms with Crippen molar-refractivity contribution in [1.29, 1.82) is 0 Å². The van der Waals surface area contributed by atoms with E-state index in [9.17, 15) is 0 Å². The second kappa shape index (κ2) is 5.78. The van der Waals surface area contributed by atoms with E-state index >= 15 is 0 Å². The Kier molecular flexibility index (Phi) is 3.65. The van der Waals surface area contributed by atoms with Crippen LogP contribution in [0.1, 0.15) is 36.8 Å². The average Bonchev–Trinajstić information content (AvgIpc) is 3.44. The molecule has 0 atom stereocenters. The lowest BCUT2D eigenvalue weighted by Crippen LogP contribution is -2.28. The smallest absolute Gasteiger partial charge is 0.133 e. The lowest BCUT2D eigenvalue weighted by atomic mass is 10.2. The molecule has 2 saturated carbocycles. The Labute approximate surface area is 130 Å². The minimum absolute atomic E-state index is 0.680. The molecule has 0 spiro atoms. The molecule has 0 saturated heterocycles. The van der Waals surface area contributed by atoms with Gasteiger partial charge >= 0.3 is 0 Å². The van der Waals surface area contributed by atoms with Crippen molar-refractivity contribution in [1.82, 2.24) is 10.3 Å². The Morgan fingerprint density at radius 3 is 2.86 bits per heavy atom. The molecule has 0 aliphatic heterocycles. The van der Waals surface area contributed by atoms with Gasteiger partial charge in [0.25, 0.3) is 0 Å². The summed E-state index contributed by atoms with van der Waals surface area (Å²) in [5.74, 6) is 1.18. The Morgan fingerprint density at radius 1 is 1.24 bits per heavy atom. The van der Waals surface area contributed by atoms with Gasteiger partial charge in [-0.05, 0) is 54.1 Å². The Hall–Kier alpha value is -1.39. The predicted molar refractivity (Wildman–Crippen MR) is 87.6 cm³/mol. The van der Waals surface area contributed by atoms with Crippen molar-refractivity contribution in [3.05, 3.63) is 46.3 Å². The van der Waals surface area contributed by atoms with Crippen LogP contribution >= 0.6 is 11.3 Å². The van der Waals surface area contributed by atoms with Crippen LogP contribution in [0.5, 0.6) is 0 Å². The fraction of sp³-hybridized carbons (Fsp3) is 0.471. The van der Waals surface area contributed by atoms with Gasteiger partial charge in [0.15, 0.2) is 0 Å².